The number of nitrogens with zero attached hydrogens (tertiary/aromatic N) is 5. The largest absolute Gasteiger partial charge is 0.497 e. The van der Waals surface area contributed by atoms with Gasteiger partial charge in [0.15, 0.2) is 5.60 Å². The van der Waals surface area contributed by atoms with Gasteiger partial charge in [-0.2, -0.15) is 0 Å². The van der Waals surface area contributed by atoms with Crippen LogP contribution in [0.4, 0.5) is 11.4 Å². The van der Waals surface area contributed by atoms with Gasteiger partial charge in [-0.15, -0.1) is 11.7 Å². The normalized spacial score (nSPS) is 24.6. The van der Waals surface area contributed by atoms with Crippen LogP contribution in [0.3, 0.4) is 0 Å². The lowest BCUT2D eigenvalue weighted by Crippen LogP contribution is -2.46. The molecule has 3 aromatic rings. The minimum Gasteiger partial charge on any atom is -0.497 e. The fourth-order valence-electron chi connectivity index (χ4n) is 8.06. The van der Waals surface area contributed by atoms with E-state index >= 15 is 0 Å². The van der Waals surface area contributed by atoms with E-state index in [1.54, 1.807) is 22.8 Å². The maximum atomic E-state index is 14.7. The highest BCUT2D eigenvalue weighted by Gasteiger charge is 2.65. The zero-order chi connectivity index (χ0) is 32.6. The molecule has 244 valence electrons. The molecule has 0 radical (unpaired) electrons. The predicted molar refractivity (Wildman–Crippen MR) is 176 cm³/mol. The van der Waals surface area contributed by atoms with Gasteiger partial charge in [0, 0.05) is 68.4 Å². The lowest BCUT2D eigenvalue weighted by molar-refractivity contribution is -0.146. The number of ether oxygens (including phenoxy) is 2. The Labute approximate surface area is 271 Å². The highest BCUT2D eigenvalue weighted by molar-refractivity contribution is 6.08. The highest BCUT2D eigenvalue weighted by atomic mass is 16.5. The first-order valence-electron chi connectivity index (χ1n) is 16.4. The third-order valence-corrected chi connectivity index (χ3v) is 10.4. The maximum Gasteiger partial charge on any atom is 0.264 e. The molecule has 10 nitrogen and oxygen atoms in total. The van der Waals surface area contributed by atoms with Gasteiger partial charge < -0.3 is 24.4 Å². The van der Waals surface area contributed by atoms with Crippen molar-refractivity contribution in [3.63, 3.8) is 0 Å². The molecule has 1 aromatic heterocycles. The second kappa shape index (κ2) is 12.6. The number of rotatable bonds is 11. The van der Waals surface area contributed by atoms with E-state index in [1.807, 2.05) is 41.4 Å². The fourth-order valence-corrected chi connectivity index (χ4v) is 8.06. The number of fused-ring (bicyclic) bond motifs is 2. The molecule has 2 aromatic carbocycles. The number of anilines is 2. The number of carbonyl (C=O) groups excluding carboxylic acids is 2. The Morgan fingerprint density at radius 3 is 2.65 bits per heavy atom. The maximum absolute atomic E-state index is 14.7. The summed E-state index contributed by atoms with van der Waals surface area (Å²) in [7, 11) is 1.66. The first-order valence-corrected chi connectivity index (χ1v) is 16.4. The summed E-state index contributed by atoms with van der Waals surface area (Å²) in [5, 5.41) is 17.8. The number of amides is 2. The number of aromatic nitrogens is 3. The SMILES string of the molecule is C=CCN1C(=O)[C@@]2(O[C@@H](CCn3cc(CCO)nn3)[C@H](C(C)(C)c3ccc(OC)cc3)[C@H]2C)c2cc(N3CCCCC3=O)ccc21. The van der Waals surface area contributed by atoms with E-state index in [4.69, 9.17) is 9.47 Å². The predicted octanol–water partition coefficient (Wildman–Crippen LogP) is 4.79. The lowest BCUT2D eigenvalue weighted by Gasteiger charge is -2.39. The van der Waals surface area contributed by atoms with Crippen LogP contribution in [0.15, 0.2) is 61.3 Å². The van der Waals surface area contributed by atoms with Crippen molar-refractivity contribution >= 4 is 23.2 Å². The van der Waals surface area contributed by atoms with Gasteiger partial charge in [-0.3, -0.25) is 14.3 Å². The molecule has 2 fully saturated rings. The summed E-state index contributed by atoms with van der Waals surface area (Å²) >= 11 is 0. The molecular formula is C36H45N5O5. The van der Waals surface area contributed by atoms with Crippen molar-refractivity contribution in [2.75, 3.05) is 36.6 Å². The number of aliphatic hydroxyl groups excluding tert-OH is 1. The zero-order valence-corrected chi connectivity index (χ0v) is 27.3. The number of carbonyl (C=O) groups is 2. The fraction of sp³-hybridized carbons (Fsp3) is 0.500. The molecule has 3 aliphatic rings. The van der Waals surface area contributed by atoms with Crippen LogP contribution in [0.25, 0.3) is 0 Å². The standard InChI is InChI=1S/C36H45N5O5/c1-6-18-41-30-15-12-27(40-19-8-7-9-32(40)43)22-29(30)36(34(41)44)24(2)33(35(3,4)25-10-13-28(45-5)14-11-25)31(46-36)16-20-39-23-26(17-21-42)37-38-39/h6,10-15,22-24,31,33,42H,1,7-9,16-21H2,2-5H3/t24-,31+,33-,36+/m1/s1. The number of aryl methyl sites for hydroxylation is 1. The zero-order valence-electron chi connectivity index (χ0n) is 27.3. The molecule has 0 bridgehead atoms. The monoisotopic (exact) mass is 627 g/mol. The third-order valence-electron chi connectivity index (χ3n) is 10.4. The van der Waals surface area contributed by atoms with E-state index in [0.717, 1.165) is 46.8 Å². The second-order valence-corrected chi connectivity index (χ2v) is 13.3. The van der Waals surface area contributed by atoms with Crippen LogP contribution < -0.4 is 14.5 Å². The van der Waals surface area contributed by atoms with E-state index < -0.39 is 11.0 Å². The van der Waals surface area contributed by atoms with E-state index in [1.165, 1.54) is 0 Å². The molecule has 1 N–H and O–H groups in total. The first kappa shape index (κ1) is 31.9. The number of piperidine rings is 1. The third kappa shape index (κ3) is 5.31. The Bertz CT molecular complexity index is 1600. The summed E-state index contributed by atoms with van der Waals surface area (Å²) in [6, 6.07) is 14.1. The van der Waals surface area contributed by atoms with Gasteiger partial charge in [-0.05, 0) is 60.6 Å². The van der Waals surface area contributed by atoms with Crippen LogP contribution >= 0.6 is 0 Å². The number of aliphatic hydroxyl groups is 1. The first-order chi connectivity index (χ1) is 22.1. The molecule has 3 aliphatic heterocycles. The summed E-state index contributed by atoms with van der Waals surface area (Å²) in [5.41, 5.74) is 2.65. The van der Waals surface area contributed by atoms with Crippen molar-refractivity contribution in [2.45, 2.75) is 76.5 Å². The van der Waals surface area contributed by atoms with Crippen LogP contribution in [0.5, 0.6) is 5.75 Å². The van der Waals surface area contributed by atoms with Gasteiger partial charge in [0.05, 0.1) is 24.6 Å². The van der Waals surface area contributed by atoms with Gasteiger partial charge in [0.25, 0.3) is 5.91 Å². The van der Waals surface area contributed by atoms with E-state index in [0.29, 0.717) is 38.9 Å². The van der Waals surface area contributed by atoms with Crippen LogP contribution in [0.2, 0.25) is 0 Å². The number of hydrogen-bond donors (Lipinski definition) is 1. The van der Waals surface area contributed by atoms with Gasteiger partial charge >= 0.3 is 0 Å². The molecule has 46 heavy (non-hydrogen) atoms. The van der Waals surface area contributed by atoms with Gasteiger partial charge in [-0.25, -0.2) is 0 Å². The van der Waals surface area contributed by atoms with E-state index in [-0.39, 0.29) is 36.4 Å². The molecule has 2 amide bonds. The summed E-state index contributed by atoms with van der Waals surface area (Å²) in [4.78, 5) is 31.3. The van der Waals surface area contributed by atoms with E-state index in [9.17, 15) is 14.7 Å². The number of benzene rings is 2. The Kier molecular flexibility index (Phi) is 8.78. The van der Waals surface area contributed by atoms with Crippen molar-refractivity contribution in [1.82, 2.24) is 15.0 Å². The Balaban J connectivity index is 1.44. The Morgan fingerprint density at radius 2 is 1.96 bits per heavy atom. The molecule has 0 aliphatic carbocycles. The summed E-state index contributed by atoms with van der Waals surface area (Å²) in [6.45, 7) is 12.1. The molecule has 0 saturated carbocycles. The van der Waals surface area contributed by atoms with Gasteiger partial charge in [-0.1, -0.05) is 44.2 Å². The van der Waals surface area contributed by atoms with Crippen molar-refractivity contribution in [1.29, 1.82) is 0 Å². The minimum atomic E-state index is -1.24. The van der Waals surface area contributed by atoms with Crippen LogP contribution in [-0.4, -0.2) is 64.8 Å². The Morgan fingerprint density at radius 1 is 1.17 bits per heavy atom. The molecule has 4 atom stereocenters. The molecule has 1 spiro atoms. The van der Waals surface area contributed by atoms with Crippen LogP contribution in [0.1, 0.15) is 63.3 Å². The molecule has 10 heteroatoms. The summed E-state index contributed by atoms with van der Waals surface area (Å²) < 4.78 is 14.4. The van der Waals surface area contributed by atoms with Crippen LogP contribution in [0, 0.1) is 11.8 Å². The topological polar surface area (TPSA) is 110 Å². The average Bonchev–Trinajstić information content (AvgIpc) is 3.70. The van der Waals surface area contributed by atoms with Crippen molar-refractivity contribution in [3.8, 4) is 5.75 Å². The Hall–Kier alpha value is -4.02. The molecular weight excluding hydrogens is 582 g/mol. The highest BCUT2D eigenvalue weighted by Crippen LogP contribution is 2.60. The van der Waals surface area contributed by atoms with Gasteiger partial charge in [0.1, 0.15) is 5.75 Å². The van der Waals surface area contributed by atoms with Crippen LogP contribution in [-0.2, 0) is 38.3 Å². The minimum absolute atomic E-state index is 0.0102. The second-order valence-electron chi connectivity index (χ2n) is 13.3. The summed E-state index contributed by atoms with van der Waals surface area (Å²) in [5.74, 6) is 0.511. The lowest BCUT2D eigenvalue weighted by atomic mass is 9.63. The van der Waals surface area contributed by atoms with E-state index in [2.05, 4.69) is 49.8 Å². The molecule has 0 unspecified atom stereocenters. The quantitative estimate of drug-likeness (QED) is 0.305. The smallest absolute Gasteiger partial charge is 0.264 e. The molecule has 6 rings (SSSR count). The van der Waals surface area contributed by atoms with Crippen molar-refractivity contribution in [2.24, 2.45) is 11.8 Å². The molecule has 2 saturated heterocycles. The summed E-state index contributed by atoms with van der Waals surface area (Å²) in [6.07, 6.45) is 6.71. The van der Waals surface area contributed by atoms with Gasteiger partial charge in [0.2, 0.25) is 5.91 Å². The van der Waals surface area contributed by atoms with Crippen molar-refractivity contribution in [3.05, 3.63) is 78.1 Å². The van der Waals surface area contributed by atoms with Crippen molar-refractivity contribution < 1.29 is 24.2 Å². The molecule has 4 heterocycles. The number of methoxy groups -OCH3 is 1. The average molecular weight is 628 g/mol. The number of hydrogen-bond acceptors (Lipinski definition) is 7.